The third kappa shape index (κ3) is 2.83. The maximum absolute atomic E-state index is 11.9. The van der Waals surface area contributed by atoms with Crippen molar-refractivity contribution in [2.45, 2.75) is 19.8 Å². The Labute approximate surface area is 99.4 Å². The van der Waals surface area contributed by atoms with Crippen LogP contribution in [-0.2, 0) is 9.59 Å². The SMILES string of the molecule is CC(=O)N1CCC(C(=O)Nc2ncc[nH]2)CC1. The summed E-state index contributed by atoms with van der Waals surface area (Å²) in [4.78, 5) is 31.6. The number of likely N-dealkylation sites (tertiary alicyclic amines) is 1. The molecule has 1 aliphatic rings. The topological polar surface area (TPSA) is 78.1 Å². The number of carbonyl (C=O) groups excluding carboxylic acids is 2. The van der Waals surface area contributed by atoms with Gasteiger partial charge in [-0.2, -0.15) is 0 Å². The number of nitrogens with one attached hydrogen (secondary N) is 2. The summed E-state index contributed by atoms with van der Waals surface area (Å²) in [6.07, 6.45) is 4.68. The first-order valence-electron chi connectivity index (χ1n) is 5.72. The second-order valence-corrected chi connectivity index (χ2v) is 4.21. The van der Waals surface area contributed by atoms with Crippen LogP contribution in [0.2, 0.25) is 0 Å². The highest BCUT2D eigenvalue weighted by atomic mass is 16.2. The van der Waals surface area contributed by atoms with Crippen molar-refractivity contribution in [3.8, 4) is 0 Å². The van der Waals surface area contributed by atoms with Gasteiger partial charge >= 0.3 is 0 Å². The Balaban J connectivity index is 1.84. The van der Waals surface area contributed by atoms with E-state index in [0.717, 1.165) is 0 Å². The van der Waals surface area contributed by atoms with Crippen LogP contribution < -0.4 is 5.32 Å². The molecule has 2 N–H and O–H groups in total. The minimum Gasteiger partial charge on any atom is -0.343 e. The summed E-state index contributed by atoms with van der Waals surface area (Å²) >= 11 is 0. The molecule has 0 saturated carbocycles. The summed E-state index contributed by atoms with van der Waals surface area (Å²) in [6.45, 7) is 2.88. The van der Waals surface area contributed by atoms with E-state index in [1.165, 1.54) is 0 Å². The average molecular weight is 236 g/mol. The maximum Gasteiger partial charge on any atom is 0.229 e. The first-order valence-corrected chi connectivity index (χ1v) is 5.72. The summed E-state index contributed by atoms with van der Waals surface area (Å²) in [7, 11) is 0. The molecule has 6 heteroatoms. The zero-order valence-corrected chi connectivity index (χ0v) is 9.77. The number of carbonyl (C=O) groups is 2. The van der Waals surface area contributed by atoms with Gasteiger partial charge in [0.05, 0.1) is 0 Å². The van der Waals surface area contributed by atoms with Crippen molar-refractivity contribution in [3.05, 3.63) is 12.4 Å². The second-order valence-electron chi connectivity index (χ2n) is 4.21. The Morgan fingerprint density at radius 1 is 1.47 bits per heavy atom. The standard InChI is InChI=1S/C11H16N4O2/c1-8(16)15-6-2-9(3-7-15)10(17)14-11-12-4-5-13-11/h4-5,9H,2-3,6-7H2,1H3,(H2,12,13,14,17). The number of hydrogen-bond acceptors (Lipinski definition) is 3. The van der Waals surface area contributed by atoms with E-state index in [0.29, 0.717) is 31.9 Å². The number of nitrogens with zero attached hydrogens (tertiary/aromatic N) is 2. The minimum atomic E-state index is -0.0318. The molecule has 1 fully saturated rings. The molecule has 0 radical (unpaired) electrons. The smallest absolute Gasteiger partial charge is 0.229 e. The van der Waals surface area contributed by atoms with Gasteiger partial charge in [-0.15, -0.1) is 0 Å². The second kappa shape index (κ2) is 4.99. The normalized spacial score (nSPS) is 16.9. The van der Waals surface area contributed by atoms with Gasteiger partial charge in [0.2, 0.25) is 17.8 Å². The fourth-order valence-corrected chi connectivity index (χ4v) is 2.01. The Hall–Kier alpha value is -1.85. The van der Waals surface area contributed by atoms with Crippen LogP contribution in [0.15, 0.2) is 12.4 Å². The zero-order valence-electron chi connectivity index (χ0n) is 9.77. The Bertz CT molecular complexity index is 394. The van der Waals surface area contributed by atoms with Crippen molar-refractivity contribution < 1.29 is 9.59 Å². The van der Waals surface area contributed by atoms with E-state index in [4.69, 9.17) is 0 Å². The van der Waals surface area contributed by atoms with Crippen LogP contribution in [0.3, 0.4) is 0 Å². The highest BCUT2D eigenvalue weighted by Gasteiger charge is 2.26. The number of aromatic amines is 1. The number of imidazole rings is 1. The third-order valence-corrected chi connectivity index (χ3v) is 3.05. The Morgan fingerprint density at radius 3 is 2.71 bits per heavy atom. The molecule has 0 spiro atoms. The molecular formula is C11H16N4O2. The fraction of sp³-hybridized carbons (Fsp3) is 0.545. The molecule has 92 valence electrons. The van der Waals surface area contributed by atoms with Gasteiger partial charge in [0, 0.05) is 38.3 Å². The van der Waals surface area contributed by atoms with Gasteiger partial charge in [-0.1, -0.05) is 0 Å². The van der Waals surface area contributed by atoms with Crippen molar-refractivity contribution in [1.29, 1.82) is 0 Å². The Morgan fingerprint density at radius 2 is 2.18 bits per heavy atom. The summed E-state index contributed by atoms with van der Waals surface area (Å²) < 4.78 is 0. The number of H-pyrrole nitrogens is 1. The molecule has 2 amide bonds. The average Bonchev–Trinajstić information content (AvgIpc) is 2.82. The first kappa shape index (κ1) is 11.6. The van der Waals surface area contributed by atoms with Crippen molar-refractivity contribution in [3.63, 3.8) is 0 Å². The maximum atomic E-state index is 11.9. The molecule has 0 aromatic carbocycles. The number of piperidine rings is 1. The first-order chi connectivity index (χ1) is 8.16. The lowest BCUT2D eigenvalue weighted by molar-refractivity contribution is -0.132. The molecule has 1 saturated heterocycles. The lowest BCUT2D eigenvalue weighted by Gasteiger charge is -2.30. The van der Waals surface area contributed by atoms with Gasteiger partial charge in [-0.3, -0.25) is 14.9 Å². The van der Waals surface area contributed by atoms with Gasteiger partial charge in [0.1, 0.15) is 0 Å². The fourth-order valence-electron chi connectivity index (χ4n) is 2.01. The van der Waals surface area contributed by atoms with E-state index in [-0.39, 0.29) is 17.7 Å². The molecule has 6 nitrogen and oxygen atoms in total. The molecule has 0 unspecified atom stereocenters. The van der Waals surface area contributed by atoms with Gasteiger partial charge < -0.3 is 9.88 Å². The van der Waals surface area contributed by atoms with Crippen LogP contribution >= 0.6 is 0 Å². The van der Waals surface area contributed by atoms with E-state index in [2.05, 4.69) is 15.3 Å². The monoisotopic (exact) mass is 236 g/mol. The van der Waals surface area contributed by atoms with E-state index in [1.807, 2.05) is 0 Å². The third-order valence-electron chi connectivity index (χ3n) is 3.05. The summed E-state index contributed by atoms with van der Waals surface area (Å²) in [5.74, 6) is 0.498. The summed E-state index contributed by atoms with van der Waals surface area (Å²) in [5.41, 5.74) is 0. The van der Waals surface area contributed by atoms with Crippen LogP contribution in [0, 0.1) is 5.92 Å². The van der Waals surface area contributed by atoms with E-state index in [9.17, 15) is 9.59 Å². The van der Waals surface area contributed by atoms with Crippen LogP contribution in [0.25, 0.3) is 0 Å². The molecule has 0 bridgehead atoms. The molecule has 2 rings (SSSR count). The number of rotatable bonds is 2. The number of hydrogen-bond donors (Lipinski definition) is 2. The minimum absolute atomic E-state index is 0.0249. The zero-order chi connectivity index (χ0) is 12.3. The van der Waals surface area contributed by atoms with Gasteiger partial charge in [0.25, 0.3) is 0 Å². The van der Waals surface area contributed by atoms with E-state index in [1.54, 1.807) is 24.2 Å². The quantitative estimate of drug-likeness (QED) is 0.789. The number of anilines is 1. The van der Waals surface area contributed by atoms with Crippen LogP contribution in [0.5, 0.6) is 0 Å². The highest BCUT2D eigenvalue weighted by molar-refractivity contribution is 5.91. The molecule has 2 heterocycles. The lowest BCUT2D eigenvalue weighted by Crippen LogP contribution is -2.40. The predicted molar refractivity (Wildman–Crippen MR) is 62.2 cm³/mol. The van der Waals surface area contributed by atoms with Crippen molar-refractivity contribution >= 4 is 17.8 Å². The van der Waals surface area contributed by atoms with Gasteiger partial charge in [0.15, 0.2) is 0 Å². The van der Waals surface area contributed by atoms with Crippen molar-refractivity contribution in [2.24, 2.45) is 5.92 Å². The van der Waals surface area contributed by atoms with Crippen LogP contribution in [0.4, 0.5) is 5.95 Å². The van der Waals surface area contributed by atoms with Crippen molar-refractivity contribution in [2.75, 3.05) is 18.4 Å². The van der Waals surface area contributed by atoms with Crippen LogP contribution in [0.1, 0.15) is 19.8 Å². The van der Waals surface area contributed by atoms with Crippen molar-refractivity contribution in [1.82, 2.24) is 14.9 Å². The molecule has 17 heavy (non-hydrogen) atoms. The van der Waals surface area contributed by atoms with E-state index < -0.39 is 0 Å². The van der Waals surface area contributed by atoms with E-state index >= 15 is 0 Å². The molecule has 1 aromatic heterocycles. The molecule has 0 aliphatic carbocycles. The molecule has 1 aromatic rings. The molecular weight excluding hydrogens is 220 g/mol. The molecule has 0 atom stereocenters. The summed E-state index contributed by atoms with van der Waals surface area (Å²) in [5, 5.41) is 2.73. The molecule has 1 aliphatic heterocycles. The van der Waals surface area contributed by atoms with Gasteiger partial charge in [-0.05, 0) is 12.8 Å². The predicted octanol–water partition coefficient (Wildman–Crippen LogP) is 0.607. The van der Waals surface area contributed by atoms with Crippen LogP contribution in [-0.4, -0.2) is 39.8 Å². The number of aromatic nitrogens is 2. The number of amides is 2. The summed E-state index contributed by atoms with van der Waals surface area (Å²) in [6, 6.07) is 0. The highest BCUT2D eigenvalue weighted by Crippen LogP contribution is 2.18. The lowest BCUT2D eigenvalue weighted by atomic mass is 9.96. The largest absolute Gasteiger partial charge is 0.343 e. The Kier molecular flexibility index (Phi) is 3.41. The van der Waals surface area contributed by atoms with Gasteiger partial charge in [-0.25, -0.2) is 4.98 Å².